The zero-order chi connectivity index (χ0) is 11.4. The van der Waals surface area contributed by atoms with Gasteiger partial charge in [-0.3, -0.25) is 4.79 Å². The van der Waals surface area contributed by atoms with Crippen LogP contribution < -0.4 is 5.01 Å². The lowest BCUT2D eigenvalue weighted by Gasteiger charge is -2.16. The Morgan fingerprint density at radius 2 is 2.47 bits per heavy atom. The fourth-order valence-electron chi connectivity index (χ4n) is 1.12. The number of hydrogen-bond acceptors (Lipinski definition) is 5. The molecule has 8 nitrogen and oxygen atoms in total. The molecular weight excluding hydrogens is 204 g/mol. The van der Waals surface area contributed by atoms with Gasteiger partial charge in [-0.05, 0) is 4.92 Å². The first-order chi connectivity index (χ1) is 7.07. The Morgan fingerprint density at radius 1 is 1.80 bits per heavy atom. The van der Waals surface area contributed by atoms with Crippen molar-refractivity contribution in [1.29, 1.82) is 0 Å². The van der Waals surface area contributed by atoms with Gasteiger partial charge in [-0.25, -0.2) is 0 Å². The maximum Gasteiger partial charge on any atom is 0.457 e. The molecule has 15 heavy (non-hydrogen) atoms. The molecule has 8 heteroatoms. The van der Waals surface area contributed by atoms with E-state index in [1.165, 1.54) is 19.3 Å². The SMILES string of the molecule is CC(=O)N(CCO)n1ccnc1[N+](=O)[O-]. The van der Waals surface area contributed by atoms with Crippen LogP contribution in [0, 0.1) is 10.1 Å². The molecule has 1 aromatic heterocycles. The van der Waals surface area contributed by atoms with E-state index in [2.05, 4.69) is 4.98 Å². The average molecular weight is 214 g/mol. The lowest BCUT2D eigenvalue weighted by Crippen LogP contribution is -2.41. The van der Waals surface area contributed by atoms with Crippen molar-refractivity contribution in [2.24, 2.45) is 0 Å². The van der Waals surface area contributed by atoms with Gasteiger partial charge in [-0.15, -0.1) is 4.68 Å². The molecule has 0 saturated carbocycles. The normalized spacial score (nSPS) is 10.0. The summed E-state index contributed by atoms with van der Waals surface area (Å²) in [5, 5.41) is 20.3. The van der Waals surface area contributed by atoms with Gasteiger partial charge in [0.15, 0.2) is 0 Å². The number of carbonyl (C=O) groups is 1. The maximum atomic E-state index is 11.2. The van der Waals surface area contributed by atoms with Crippen molar-refractivity contribution in [2.75, 3.05) is 18.2 Å². The molecule has 0 saturated heterocycles. The van der Waals surface area contributed by atoms with E-state index < -0.39 is 16.8 Å². The number of carbonyl (C=O) groups excluding carboxylic acids is 1. The van der Waals surface area contributed by atoms with Gasteiger partial charge in [0.05, 0.1) is 13.2 Å². The molecule has 0 aliphatic heterocycles. The highest BCUT2D eigenvalue weighted by Crippen LogP contribution is 2.08. The van der Waals surface area contributed by atoms with Gasteiger partial charge < -0.3 is 15.2 Å². The van der Waals surface area contributed by atoms with Crippen LogP contribution in [0.4, 0.5) is 5.95 Å². The first-order valence-electron chi connectivity index (χ1n) is 4.15. The van der Waals surface area contributed by atoms with Gasteiger partial charge in [-0.2, -0.15) is 5.01 Å². The standard InChI is InChI=1S/C7H10N4O4/c1-6(13)9(4-5-12)10-3-2-8-7(10)11(14)15/h2-3,12H,4-5H2,1H3. The van der Waals surface area contributed by atoms with Crippen molar-refractivity contribution in [3.63, 3.8) is 0 Å². The first-order valence-corrected chi connectivity index (χ1v) is 4.15. The third-order valence-corrected chi connectivity index (χ3v) is 1.70. The highest BCUT2D eigenvalue weighted by atomic mass is 16.6. The van der Waals surface area contributed by atoms with E-state index in [4.69, 9.17) is 5.11 Å². The van der Waals surface area contributed by atoms with Gasteiger partial charge >= 0.3 is 5.95 Å². The summed E-state index contributed by atoms with van der Waals surface area (Å²) >= 11 is 0. The van der Waals surface area contributed by atoms with Gasteiger partial charge in [0.1, 0.15) is 12.4 Å². The molecule has 0 radical (unpaired) electrons. The van der Waals surface area contributed by atoms with Crippen LogP contribution in [0.2, 0.25) is 0 Å². The molecule has 0 aliphatic carbocycles. The van der Waals surface area contributed by atoms with Crippen LogP contribution in [0.25, 0.3) is 0 Å². The zero-order valence-corrected chi connectivity index (χ0v) is 8.03. The van der Waals surface area contributed by atoms with Crippen LogP contribution >= 0.6 is 0 Å². The van der Waals surface area contributed by atoms with Crippen molar-refractivity contribution >= 4 is 11.9 Å². The lowest BCUT2D eigenvalue weighted by atomic mass is 10.6. The Kier molecular flexibility index (Phi) is 3.34. The summed E-state index contributed by atoms with van der Waals surface area (Å²) in [5.41, 5.74) is 0. The minimum absolute atomic E-state index is 0.0213. The van der Waals surface area contributed by atoms with Crippen molar-refractivity contribution < 1.29 is 14.8 Å². The van der Waals surface area contributed by atoms with Crippen molar-refractivity contribution in [3.05, 3.63) is 22.5 Å². The number of hydrogen-bond donors (Lipinski definition) is 1. The smallest absolute Gasteiger partial charge is 0.394 e. The van der Waals surface area contributed by atoms with Crippen molar-refractivity contribution in [1.82, 2.24) is 9.66 Å². The number of aliphatic hydroxyl groups is 1. The summed E-state index contributed by atoms with van der Waals surface area (Å²) in [6.45, 7) is 0.945. The third kappa shape index (κ3) is 2.29. The summed E-state index contributed by atoms with van der Waals surface area (Å²) in [7, 11) is 0. The molecule has 0 aromatic carbocycles. The fourth-order valence-corrected chi connectivity index (χ4v) is 1.12. The van der Waals surface area contributed by atoms with E-state index in [9.17, 15) is 14.9 Å². The molecular formula is C7H10N4O4. The molecule has 0 aliphatic rings. The fraction of sp³-hybridized carbons (Fsp3) is 0.429. The van der Waals surface area contributed by atoms with Crippen LogP contribution in [-0.4, -0.2) is 38.7 Å². The maximum absolute atomic E-state index is 11.2. The highest BCUT2D eigenvalue weighted by Gasteiger charge is 2.22. The quantitative estimate of drug-likeness (QED) is 0.525. The average Bonchev–Trinajstić information content (AvgIpc) is 2.61. The first kappa shape index (κ1) is 11.1. The molecule has 1 aromatic rings. The van der Waals surface area contributed by atoms with E-state index in [1.807, 2.05) is 0 Å². The number of imidazole rings is 1. The number of rotatable bonds is 4. The van der Waals surface area contributed by atoms with E-state index in [0.29, 0.717) is 0 Å². The summed E-state index contributed by atoms with van der Waals surface area (Å²) < 4.78 is 0.999. The second-order valence-electron chi connectivity index (χ2n) is 2.69. The van der Waals surface area contributed by atoms with Gasteiger partial charge in [0.2, 0.25) is 5.91 Å². The second-order valence-corrected chi connectivity index (χ2v) is 2.69. The molecule has 0 fully saturated rings. The van der Waals surface area contributed by atoms with E-state index in [1.54, 1.807) is 0 Å². The van der Waals surface area contributed by atoms with Crippen molar-refractivity contribution in [3.8, 4) is 0 Å². The van der Waals surface area contributed by atoms with Crippen molar-refractivity contribution in [2.45, 2.75) is 6.92 Å². The topological polar surface area (TPSA) is 102 Å². The van der Waals surface area contributed by atoms with E-state index in [0.717, 1.165) is 9.69 Å². The molecule has 1 amide bonds. The van der Waals surface area contributed by atoms with Crippen LogP contribution in [0.5, 0.6) is 0 Å². The molecule has 0 atom stereocenters. The Morgan fingerprint density at radius 3 is 2.93 bits per heavy atom. The monoisotopic (exact) mass is 214 g/mol. The summed E-state index contributed by atoms with van der Waals surface area (Å²) in [6, 6.07) is 0. The molecule has 1 heterocycles. The Bertz CT molecular complexity index is 375. The van der Waals surface area contributed by atoms with E-state index in [-0.39, 0.29) is 13.2 Å². The van der Waals surface area contributed by atoms with Gasteiger partial charge in [0.25, 0.3) is 0 Å². The molecule has 0 spiro atoms. The zero-order valence-electron chi connectivity index (χ0n) is 8.03. The third-order valence-electron chi connectivity index (χ3n) is 1.70. The Hall–Kier alpha value is -1.96. The van der Waals surface area contributed by atoms with Crippen LogP contribution in [0.15, 0.2) is 12.4 Å². The Labute approximate surface area is 84.9 Å². The lowest BCUT2D eigenvalue weighted by molar-refractivity contribution is -0.396. The summed E-state index contributed by atoms with van der Waals surface area (Å²) in [5.74, 6) is -0.871. The molecule has 0 unspecified atom stereocenters. The predicted octanol–water partition coefficient (Wildman–Crippen LogP) is -0.732. The minimum atomic E-state index is -0.701. The van der Waals surface area contributed by atoms with Gasteiger partial charge in [-0.1, -0.05) is 4.98 Å². The second kappa shape index (κ2) is 4.51. The number of aromatic nitrogens is 2. The predicted molar refractivity (Wildman–Crippen MR) is 49.7 cm³/mol. The number of nitrogens with zero attached hydrogens (tertiary/aromatic N) is 4. The molecule has 1 N–H and O–H groups in total. The number of aliphatic hydroxyl groups excluding tert-OH is 1. The highest BCUT2D eigenvalue weighted by molar-refractivity contribution is 5.83. The number of nitro groups is 1. The van der Waals surface area contributed by atoms with Crippen LogP contribution in [0.3, 0.4) is 0 Å². The van der Waals surface area contributed by atoms with Gasteiger partial charge in [0, 0.05) is 6.92 Å². The van der Waals surface area contributed by atoms with Crippen LogP contribution in [-0.2, 0) is 4.79 Å². The molecule has 82 valence electrons. The Balaban J connectivity index is 3.05. The summed E-state index contributed by atoms with van der Waals surface area (Å²) in [4.78, 5) is 24.5. The van der Waals surface area contributed by atoms with Crippen LogP contribution in [0.1, 0.15) is 6.92 Å². The minimum Gasteiger partial charge on any atom is -0.394 e. The largest absolute Gasteiger partial charge is 0.457 e. The van der Waals surface area contributed by atoms with E-state index >= 15 is 0 Å². The molecule has 1 rings (SSSR count). The number of amides is 1. The summed E-state index contributed by atoms with van der Waals surface area (Å²) in [6.07, 6.45) is 2.50. The molecule has 0 bridgehead atoms.